The molecule has 1 amide bonds. The summed E-state index contributed by atoms with van der Waals surface area (Å²) in [6, 6.07) is 8.16. The summed E-state index contributed by atoms with van der Waals surface area (Å²) in [6.45, 7) is 3.48. The monoisotopic (exact) mass is 334 g/mol. The van der Waals surface area contributed by atoms with E-state index in [1.807, 2.05) is 28.8 Å². The molecule has 1 aliphatic heterocycles. The van der Waals surface area contributed by atoms with Crippen LogP contribution in [0.25, 0.3) is 0 Å². The molecule has 0 N–H and O–H groups in total. The minimum Gasteiger partial charge on any atom is -0.497 e. The smallest absolute Gasteiger partial charge is 0.232 e. The van der Waals surface area contributed by atoms with Crippen molar-refractivity contribution in [3.63, 3.8) is 0 Å². The highest BCUT2D eigenvalue weighted by molar-refractivity contribution is 8.00. The Kier molecular flexibility index (Phi) is 5.70. The fraction of sp³-hybridized carbons (Fsp3) is 0.611. The number of hydrogen-bond acceptors (Lipinski definition) is 4. The van der Waals surface area contributed by atoms with Crippen LogP contribution < -0.4 is 9.64 Å². The largest absolute Gasteiger partial charge is 0.497 e. The van der Waals surface area contributed by atoms with Crippen LogP contribution in [-0.4, -0.2) is 55.1 Å². The third-order valence-electron chi connectivity index (χ3n) is 4.81. The lowest BCUT2D eigenvalue weighted by Gasteiger charge is -2.36. The number of nitrogens with zero attached hydrogens (tertiary/aromatic N) is 2. The summed E-state index contributed by atoms with van der Waals surface area (Å²) in [5, 5.41) is 0.722. The van der Waals surface area contributed by atoms with Gasteiger partial charge in [0, 0.05) is 37.1 Å². The highest BCUT2D eigenvalue weighted by Crippen LogP contribution is 2.29. The number of benzene rings is 1. The van der Waals surface area contributed by atoms with E-state index < -0.39 is 0 Å². The molecular formula is C18H26N2O2S. The molecule has 1 saturated heterocycles. The van der Waals surface area contributed by atoms with Crippen molar-refractivity contribution >= 4 is 23.4 Å². The third-order valence-corrected chi connectivity index (χ3v) is 6.17. The number of anilines is 1. The molecule has 126 valence electrons. The summed E-state index contributed by atoms with van der Waals surface area (Å²) >= 11 is 1.87. The molecule has 0 atom stereocenters. The Bertz CT molecular complexity index is 506. The van der Waals surface area contributed by atoms with Crippen molar-refractivity contribution in [3.8, 4) is 5.75 Å². The first-order valence-corrected chi connectivity index (χ1v) is 9.59. The van der Waals surface area contributed by atoms with Crippen LogP contribution in [0.15, 0.2) is 24.3 Å². The summed E-state index contributed by atoms with van der Waals surface area (Å²) in [5.41, 5.74) is 1.21. The molecule has 1 heterocycles. The van der Waals surface area contributed by atoms with Gasteiger partial charge >= 0.3 is 0 Å². The summed E-state index contributed by atoms with van der Waals surface area (Å²) in [5.74, 6) is 1.86. The summed E-state index contributed by atoms with van der Waals surface area (Å²) in [4.78, 5) is 16.7. The van der Waals surface area contributed by atoms with Crippen molar-refractivity contribution < 1.29 is 9.53 Å². The summed E-state index contributed by atoms with van der Waals surface area (Å²) in [6.07, 6.45) is 5.27. The van der Waals surface area contributed by atoms with Crippen molar-refractivity contribution in [2.75, 3.05) is 43.9 Å². The molecule has 23 heavy (non-hydrogen) atoms. The number of rotatable bonds is 5. The van der Waals surface area contributed by atoms with E-state index >= 15 is 0 Å². The van der Waals surface area contributed by atoms with Gasteiger partial charge in [-0.05, 0) is 37.1 Å². The SMILES string of the molecule is COc1ccc(N2CCN(C(=O)CSC3CCCC3)CC2)cc1. The molecule has 4 nitrogen and oxygen atoms in total. The molecule has 1 saturated carbocycles. The fourth-order valence-electron chi connectivity index (χ4n) is 3.34. The highest BCUT2D eigenvalue weighted by atomic mass is 32.2. The van der Waals surface area contributed by atoms with Gasteiger partial charge in [0.05, 0.1) is 12.9 Å². The molecule has 0 aromatic heterocycles. The maximum atomic E-state index is 12.4. The average molecular weight is 334 g/mol. The van der Waals surface area contributed by atoms with E-state index in [-0.39, 0.29) is 0 Å². The van der Waals surface area contributed by atoms with Gasteiger partial charge in [-0.3, -0.25) is 4.79 Å². The number of piperazine rings is 1. The lowest BCUT2D eigenvalue weighted by Crippen LogP contribution is -2.49. The van der Waals surface area contributed by atoms with Crippen molar-refractivity contribution in [1.82, 2.24) is 4.90 Å². The molecule has 1 aromatic rings. The van der Waals surface area contributed by atoms with Gasteiger partial charge in [0.15, 0.2) is 0 Å². The zero-order chi connectivity index (χ0) is 16.1. The number of hydrogen-bond donors (Lipinski definition) is 0. The van der Waals surface area contributed by atoms with Gasteiger partial charge in [0.2, 0.25) is 5.91 Å². The van der Waals surface area contributed by atoms with Crippen LogP contribution >= 0.6 is 11.8 Å². The molecule has 0 radical (unpaired) electrons. The summed E-state index contributed by atoms with van der Waals surface area (Å²) < 4.78 is 5.20. The van der Waals surface area contributed by atoms with E-state index in [2.05, 4.69) is 17.0 Å². The molecule has 5 heteroatoms. The molecule has 0 bridgehead atoms. The Labute approximate surface area is 143 Å². The molecule has 0 spiro atoms. The lowest BCUT2D eigenvalue weighted by atomic mass is 10.2. The van der Waals surface area contributed by atoms with Crippen LogP contribution in [-0.2, 0) is 4.79 Å². The maximum absolute atomic E-state index is 12.4. The fourth-order valence-corrected chi connectivity index (χ4v) is 4.57. The lowest BCUT2D eigenvalue weighted by molar-refractivity contribution is -0.128. The van der Waals surface area contributed by atoms with Gasteiger partial charge < -0.3 is 14.5 Å². The molecule has 3 rings (SSSR count). The Morgan fingerprint density at radius 1 is 1.13 bits per heavy atom. The molecule has 2 aliphatic rings. The van der Waals surface area contributed by atoms with Gasteiger partial charge in [-0.25, -0.2) is 0 Å². The molecule has 0 unspecified atom stereocenters. The standard InChI is InChI=1S/C18H26N2O2S/c1-22-16-8-6-15(7-9-16)19-10-12-20(13-11-19)18(21)14-23-17-4-2-3-5-17/h6-9,17H,2-5,10-14H2,1H3. The first-order chi connectivity index (χ1) is 11.3. The van der Waals surface area contributed by atoms with Crippen LogP contribution in [0.4, 0.5) is 5.69 Å². The maximum Gasteiger partial charge on any atom is 0.232 e. The number of carbonyl (C=O) groups is 1. The quantitative estimate of drug-likeness (QED) is 0.829. The van der Waals surface area contributed by atoms with E-state index in [1.165, 1.54) is 31.4 Å². The Balaban J connectivity index is 1.44. The first-order valence-electron chi connectivity index (χ1n) is 8.54. The van der Waals surface area contributed by atoms with E-state index in [1.54, 1.807) is 7.11 Å². The minimum absolute atomic E-state index is 0.316. The number of methoxy groups -OCH3 is 1. The molecule has 2 fully saturated rings. The molecular weight excluding hydrogens is 308 g/mol. The third kappa shape index (κ3) is 4.34. The number of carbonyl (C=O) groups excluding carboxylic acids is 1. The van der Waals surface area contributed by atoms with E-state index in [4.69, 9.17) is 4.74 Å². The number of thioether (sulfide) groups is 1. The zero-order valence-corrected chi connectivity index (χ0v) is 14.7. The Morgan fingerprint density at radius 2 is 1.78 bits per heavy atom. The predicted molar refractivity (Wildman–Crippen MR) is 96.5 cm³/mol. The zero-order valence-electron chi connectivity index (χ0n) is 13.9. The van der Waals surface area contributed by atoms with Crippen molar-refractivity contribution in [1.29, 1.82) is 0 Å². The second-order valence-electron chi connectivity index (χ2n) is 6.28. The van der Waals surface area contributed by atoms with Gasteiger partial charge in [-0.15, -0.1) is 11.8 Å². The topological polar surface area (TPSA) is 32.8 Å². The Morgan fingerprint density at radius 3 is 2.39 bits per heavy atom. The van der Waals surface area contributed by atoms with Gasteiger partial charge in [0.25, 0.3) is 0 Å². The van der Waals surface area contributed by atoms with Crippen LogP contribution in [0.2, 0.25) is 0 Å². The number of ether oxygens (including phenoxy) is 1. The normalized spacial score (nSPS) is 19.2. The Hall–Kier alpha value is -1.36. The van der Waals surface area contributed by atoms with E-state index in [0.717, 1.165) is 37.2 Å². The van der Waals surface area contributed by atoms with Crippen LogP contribution in [0.3, 0.4) is 0 Å². The molecule has 1 aliphatic carbocycles. The number of amides is 1. The average Bonchev–Trinajstić information content (AvgIpc) is 3.13. The van der Waals surface area contributed by atoms with Crippen molar-refractivity contribution in [2.45, 2.75) is 30.9 Å². The van der Waals surface area contributed by atoms with Gasteiger partial charge in [-0.1, -0.05) is 12.8 Å². The predicted octanol–water partition coefficient (Wildman–Crippen LogP) is 3.02. The first kappa shape index (κ1) is 16.5. The minimum atomic E-state index is 0.316. The van der Waals surface area contributed by atoms with Crippen molar-refractivity contribution in [2.24, 2.45) is 0 Å². The van der Waals surface area contributed by atoms with Gasteiger partial charge in [-0.2, -0.15) is 0 Å². The highest BCUT2D eigenvalue weighted by Gasteiger charge is 2.23. The molecule has 1 aromatic carbocycles. The van der Waals surface area contributed by atoms with E-state index in [9.17, 15) is 4.79 Å². The summed E-state index contributed by atoms with van der Waals surface area (Å²) in [7, 11) is 1.68. The van der Waals surface area contributed by atoms with E-state index in [0.29, 0.717) is 11.7 Å². The van der Waals surface area contributed by atoms with Crippen LogP contribution in [0, 0.1) is 0 Å². The van der Waals surface area contributed by atoms with Gasteiger partial charge in [0.1, 0.15) is 5.75 Å². The van der Waals surface area contributed by atoms with Crippen LogP contribution in [0.5, 0.6) is 5.75 Å². The second kappa shape index (κ2) is 7.95. The van der Waals surface area contributed by atoms with Crippen molar-refractivity contribution in [3.05, 3.63) is 24.3 Å². The van der Waals surface area contributed by atoms with Crippen LogP contribution in [0.1, 0.15) is 25.7 Å². The second-order valence-corrected chi connectivity index (χ2v) is 7.57.